The number of hydrogen-bond donors (Lipinski definition) is 0. The smallest absolute Gasteiger partial charge is 0.00260 e. The first-order chi connectivity index (χ1) is 18.4. The van der Waals surface area contributed by atoms with E-state index in [-0.39, 0.29) is 21.7 Å². The number of hydrogen-bond acceptors (Lipinski definition) is 0. The first-order valence-corrected chi connectivity index (χ1v) is 15.7. The van der Waals surface area contributed by atoms with Gasteiger partial charge < -0.3 is 0 Å². The summed E-state index contributed by atoms with van der Waals surface area (Å²) in [4.78, 5) is 0. The Bertz CT molecular complexity index is 1700. The standard InChI is InChI=1S/C40H52/c1-13-14-15-16-40(11,12)30-20-26-19-29(39(8,9)10)22-32-31-21-27(37(2,3)4)17-25-18-28(38(5,6)7)23-33(35(25)31)34(24-30)36(26)32/h17-24H,13-16H2,1-12H3. The lowest BCUT2D eigenvalue weighted by molar-refractivity contribution is 0.451. The van der Waals surface area contributed by atoms with Crippen molar-refractivity contribution in [1.82, 2.24) is 0 Å². The van der Waals surface area contributed by atoms with Gasteiger partial charge in [0, 0.05) is 0 Å². The SMILES string of the molecule is CCCCCC(C)(C)c1cc2cc(C(C)(C)C)cc3c4cc(C(C)(C)C)cc5cc(C(C)(C)C)cc(c(c1)c23)c54. The zero-order valence-electron chi connectivity index (χ0n) is 27.4. The van der Waals surface area contributed by atoms with E-state index in [0.29, 0.717) is 0 Å². The van der Waals surface area contributed by atoms with Gasteiger partial charge in [0.2, 0.25) is 0 Å². The van der Waals surface area contributed by atoms with Crippen molar-refractivity contribution in [2.75, 3.05) is 0 Å². The summed E-state index contributed by atoms with van der Waals surface area (Å²) < 4.78 is 0. The fourth-order valence-corrected chi connectivity index (χ4v) is 6.53. The van der Waals surface area contributed by atoms with Crippen molar-refractivity contribution >= 4 is 43.1 Å². The molecular weight excluding hydrogens is 480 g/mol. The molecule has 0 atom stereocenters. The molecule has 0 aliphatic heterocycles. The maximum Gasteiger partial charge on any atom is -0.00260 e. The van der Waals surface area contributed by atoms with Crippen molar-refractivity contribution in [1.29, 1.82) is 0 Å². The molecule has 0 fully saturated rings. The molecule has 5 rings (SSSR count). The molecule has 5 aromatic carbocycles. The third-order valence-corrected chi connectivity index (χ3v) is 9.46. The van der Waals surface area contributed by atoms with Gasteiger partial charge in [-0.25, -0.2) is 0 Å². The third kappa shape index (κ3) is 5.01. The lowest BCUT2D eigenvalue weighted by atomic mass is 9.75. The Kier molecular flexibility index (Phi) is 6.85. The van der Waals surface area contributed by atoms with E-state index in [9.17, 15) is 0 Å². The van der Waals surface area contributed by atoms with Crippen molar-refractivity contribution < 1.29 is 0 Å². The molecule has 0 nitrogen and oxygen atoms in total. The molecule has 0 heteroatoms. The molecule has 5 aromatic rings. The molecule has 0 bridgehead atoms. The van der Waals surface area contributed by atoms with Crippen LogP contribution in [-0.2, 0) is 21.7 Å². The maximum absolute atomic E-state index is 2.57. The largest absolute Gasteiger partial charge is 0.0654 e. The predicted molar refractivity (Wildman–Crippen MR) is 181 cm³/mol. The Hall–Kier alpha value is -2.60. The number of rotatable bonds is 5. The molecule has 0 aliphatic carbocycles. The summed E-state index contributed by atoms with van der Waals surface area (Å²) in [6.07, 6.45) is 5.08. The summed E-state index contributed by atoms with van der Waals surface area (Å²) in [5.74, 6) is 0. The van der Waals surface area contributed by atoms with E-state index < -0.39 is 0 Å². The topological polar surface area (TPSA) is 0 Å². The lowest BCUT2D eigenvalue weighted by Gasteiger charge is -2.29. The molecule has 0 N–H and O–H groups in total. The predicted octanol–water partition coefficient (Wildman–Crippen LogP) is 12.5. The second-order valence-electron chi connectivity index (χ2n) is 16.4. The quantitative estimate of drug-likeness (QED) is 0.120. The van der Waals surface area contributed by atoms with Crippen LogP contribution >= 0.6 is 0 Å². The zero-order chi connectivity index (χ0) is 29.4. The average Bonchev–Trinajstić information content (AvgIpc) is 2.84. The molecule has 0 radical (unpaired) electrons. The number of unbranched alkanes of at least 4 members (excludes halogenated alkanes) is 2. The Morgan fingerprint density at radius 1 is 0.425 bits per heavy atom. The van der Waals surface area contributed by atoms with Crippen LogP contribution in [0.3, 0.4) is 0 Å². The van der Waals surface area contributed by atoms with Crippen molar-refractivity contribution in [3.8, 4) is 0 Å². The van der Waals surface area contributed by atoms with Crippen LogP contribution in [0.25, 0.3) is 43.1 Å². The van der Waals surface area contributed by atoms with Gasteiger partial charge in [-0.3, -0.25) is 0 Å². The first-order valence-electron chi connectivity index (χ1n) is 15.7. The molecular formula is C40H52. The molecule has 0 amide bonds. The second kappa shape index (κ2) is 9.47. The highest BCUT2D eigenvalue weighted by Gasteiger charge is 2.27. The van der Waals surface area contributed by atoms with Crippen LogP contribution in [-0.4, -0.2) is 0 Å². The van der Waals surface area contributed by atoms with Gasteiger partial charge in [0.25, 0.3) is 0 Å². The zero-order valence-corrected chi connectivity index (χ0v) is 27.4. The molecule has 0 unspecified atom stereocenters. The van der Waals surface area contributed by atoms with Gasteiger partial charge in [0.05, 0.1) is 0 Å². The third-order valence-electron chi connectivity index (χ3n) is 9.46. The van der Waals surface area contributed by atoms with Crippen molar-refractivity contribution in [2.45, 2.75) is 130 Å². The Balaban J connectivity index is 2.02. The van der Waals surface area contributed by atoms with E-state index in [0.717, 1.165) is 0 Å². The molecule has 40 heavy (non-hydrogen) atoms. The summed E-state index contributed by atoms with van der Waals surface area (Å²) in [5, 5.41) is 11.3. The van der Waals surface area contributed by atoms with Crippen molar-refractivity contribution in [3.63, 3.8) is 0 Å². The average molecular weight is 533 g/mol. The van der Waals surface area contributed by atoms with E-state index in [4.69, 9.17) is 0 Å². The molecule has 0 saturated heterocycles. The van der Waals surface area contributed by atoms with Gasteiger partial charge in [-0.2, -0.15) is 0 Å². The van der Waals surface area contributed by atoms with Crippen LogP contribution < -0.4 is 0 Å². The minimum Gasteiger partial charge on any atom is -0.0654 e. The molecule has 0 heterocycles. The van der Waals surface area contributed by atoms with Gasteiger partial charge >= 0.3 is 0 Å². The normalized spacial score (nSPS) is 13.9. The molecule has 0 aromatic heterocycles. The Labute approximate surface area is 243 Å². The minimum absolute atomic E-state index is 0.0780. The van der Waals surface area contributed by atoms with Crippen molar-refractivity contribution in [3.05, 3.63) is 70.8 Å². The molecule has 212 valence electrons. The van der Waals surface area contributed by atoms with Gasteiger partial charge in [-0.15, -0.1) is 0 Å². The lowest BCUT2D eigenvalue weighted by Crippen LogP contribution is -2.17. The first kappa shape index (κ1) is 28.9. The van der Waals surface area contributed by atoms with Gasteiger partial charge in [0.1, 0.15) is 0 Å². The monoisotopic (exact) mass is 532 g/mol. The maximum atomic E-state index is 2.57. The minimum atomic E-state index is 0.0780. The summed E-state index contributed by atoms with van der Waals surface area (Å²) in [5.41, 5.74) is 6.10. The van der Waals surface area contributed by atoms with E-state index in [1.807, 2.05) is 0 Å². The van der Waals surface area contributed by atoms with Crippen LogP contribution in [0, 0.1) is 0 Å². The Morgan fingerprint density at radius 2 is 0.750 bits per heavy atom. The van der Waals surface area contributed by atoms with Crippen LogP contribution in [0.2, 0.25) is 0 Å². The van der Waals surface area contributed by atoms with E-state index >= 15 is 0 Å². The summed E-state index contributed by atoms with van der Waals surface area (Å²) >= 11 is 0. The molecule has 0 aliphatic rings. The highest BCUT2D eigenvalue weighted by molar-refractivity contribution is 6.33. The summed E-state index contributed by atoms with van der Waals surface area (Å²) in [7, 11) is 0. The van der Waals surface area contributed by atoms with Crippen LogP contribution in [0.15, 0.2) is 48.5 Å². The summed E-state index contributed by atoms with van der Waals surface area (Å²) in [6.45, 7) is 28.4. The van der Waals surface area contributed by atoms with Gasteiger partial charge in [-0.1, -0.05) is 127 Å². The van der Waals surface area contributed by atoms with Crippen LogP contribution in [0.5, 0.6) is 0 Å². The fourth-order valence-electron chi connectivity index (χ4n) is 6.53. The van der Waals surface area contributed by atoms with Gasteiger partial charge in [-0.05, 0) is 118 Å². The number of fused-ring (bicyclic) bond motifs is 2. The van der Waals surface area contributed by atoms with E-state index in [1.165, 1.54) is 91.0 Å². The highest BCUT2D eigenvalue weighted by atomic mass is 14.3. The molecule has 0 saturated carbocycles. The van der Waals surface area contributed by atoms with Crippen LogP contribution in [0.1, 0.15) is 131 Å². The van der Waals surface area contributed by atoms with Gasteiger partial charge in [0.15, 0.2) is 0 Å². The molecule has 0 spiro atoms. The second-order valence-corrected chi connectivity index (χ2v) is 16.4. The number of benzene rings is 5. The van der Waals surface area contributed by atoms with Crippen LogP contribution in [0.4, 0.5) is 0 Å². The Morgan fingerprint density at radius 3 is 1.07 bits per heavy atom. The summed E-state index contributed by atoms with van der Waals surface area (Å²) in [6, 6.07) is 20.1. The fraction of sp³-hybridized carbons (Fsp3) is 0.500. The van der Waals surface area contributed by atoms with E-state index in [1.54, 1.807) is 0 Å². The van der Waals surface area contributed by atoms with Crippen molar-refractivity contribution in [2.24, 2.45) is 0 Å². The highest BCUT2D eigenvalue weighted by Crippen LogP contribution is 2.47. The van der Waals surface area contributed by atoms with E-state index in [2.05, 4.69) is 132 Å².